The van der Waals surface area contributed by atoms with E-state index in [2.05, 4.69) is 10.4 Å². The molecular weight excluding hydrogens is 322 g/mol. The first-order valence-corrected chi connectivity index (χ1v) is 8.29. The molecule has 0 aromatic carbocycles. The minimum absolute atomic E-state index is 0.0760. The average Bonchev–Trinajstić information content (AvgIpc) is 2.99. The van der Waals surface area contributed by atoms with Crippen molar-refractivity contribution in [3.63, 3.8) is 0 Å². The van der Waals surface area contributed by atoms with Gasteiger partial charge < -0.3 is 19.3 Å². The zero-order chi connectivity index (χ0) is 17.4. The Morgan fingerprint density at radius 1 is 1.36 bits per heavy atom. The third kappa shape index (κ3) is 2.98. The molecule has 0 saturated heterocycles. The maximum absolute atomic E-state index is 12.7. The lowest BCUT2D eigenvalue weighted by Crippen LogP contribution is -2.17. The van der Waals surface area contributed by atoms with Gasteiger partial charge in [0.25, 0.3) is 5.91 Å². The van der Waals surface area contributed by atoms with Crippen LogP contribution >= 0.6 is 0 Å². The molecule has 1 fully saturated rings. The van der Waals surface area contributed by atoms with Crippen molar-refractivity contribution in [2.75, 3.05) is 11.9 Å². The highest BCUT2D eigenvalue weighted by molar-refractivity contribution is 6.05. The molecule has 0 spiro atoms. The lowest BCUT2D eigenvalue weighted by Gasteiger charge is -2.07. The number of aliphatic hydroxyl groups excluding tert-OH is 1. The van der Waals surface area contributed by atoms with Crippen molar-refractivity contribution in [1.82, 2.24) is 9.78 Å². The molecule has 1 aliphatic carbocycles. The standard InChI is InChI=1S/C18H19N3O4/c1-11-13(4-8-24-11)15-10-16(21(20-15)6-7-22)19-18(23)14-5-9-25-17(14)12-2-3-12/h4-5,8-10,12,22H,2-3,6-7H2,1H3,(H,19,23). The Kier molecular flexibility index (Phi) is 3.93. The number of carbonyl (C=O) groups excluding carboxylic acids is 1. The van der Waals surface area contributed by atoms with Gasteiger partial charge in [0.05, 0.1) is 36.9 Å². The van der Waals surface area contributed by atoms with E-state index >= 15 is 0 Å². The summed E-state index contributed by atoms with van der Waals surface area (Å²) in [5.41, 5.74) is 2.10. The number of nitrogens with one attached hydrogen (secondary N) is 1. The zero-order valence-corrected chi connectivity index (χ0v) is 13.9. The summed E-state index contributed by atoms with van der Waals surface area (Å²) in [7, 11) is 0. The van der Waals surface area contributed by atoms with Crippen LogP contribution in [0.25, 0.3) is 11.3 Å². The fraction of sp³-hybridized carbons (Fsp3) is 0.333. The van der Waals surface area contributed by atoms with Crippen molar-refractivity contribution >= 4 is 11.7 Å². The van der Waals surface area contributed by atoms with Crippen molar-refractivity contribution < 1.29 is 18.7 Å². The molecule has 4 rings (SSSR count). The second kappa shape index (κ2) is 6.25. The first kappa shape index (κ1) is 15.7. The average molecular weight is 341 g/mol. The monoisotopic (exact) mass is 341 g/mol. The maximum Gasteiger partial charge on any atom is 0.260 e. The predicted molar refractivity (Wildman–Crippen MR) is 90.4 cm³/mol. The van der Waals surface area contributed by atoms with Crippen LogP contribution in [0, 0.1) is 6.92 Å². The third-order valence-electron chi connectivity index (χ3n) is 4.36. The number of amides is 1. The van der Waals surface area contributed by atoms with Crippen LogP contribution in [0.5, 0.6) is 0 Å². The highest BCUT2D eigenvalue weighted by atomic mass is 16.3. The molecule has 1 saturated carbocycles. The fourth-order valence-corrected chi connectivity index (χ4v) is 2.92. The summed E-state index contributed by atoms with van der Waals surface area (Å²) in [6.45, 7) is 2.06. The smallest absolute Gasteiger partial charge is 0.260 e. The van der Waals surface area contributed by atoms with E-state index in [1.54, 1.807) is 29.3 Å². The summed E-state index contributed by atoms with van der Waals surface area (Å²) in [4.78, 5) is 12.7. The molecule has 7 nitrogen and oxygen atoms in total. The lowest BCUT2D eigenvalue weighted by atomic mass is 10.1. The summed E-state index contributed by atoms with van der Waals surface area (Å²) < 4.78 is 12.4. The Morgan fingerprint density at radius 3 is 2.84 bits per heavy atom. The van der Waals surface area contributed by atoms with E-state index in [-0.39, 0.29) is 19.1 Å². The Hall–Kier alpha value is -2.80. The molecule has 7 heteroatoms. The van der Waals surface area contributed by atoms with Crippen molar-refractivity contribution in [1.29, 1.82) is 0 Å². The van der Waals surface area contributed by atoms with E-state index in [0.29, 0.717) is 23.0 Å². The van der Waals surface area contributed by atoms with Gasteiger partial charge >= 0.3 is 0 Å². The molecule has 1 amide bonds. The number of nitrogens with zero attached hydrogens (tertiary/aromatic N) is 2. The number of rotatable bonds is 6. The molecule has 0 bridgehead atoms. The first-order chi connectivity index (χ1) is 12.2. The number of hydrogen-bond donors (Lipinski definition) is 2. The minimum Gasteiger partial charge on any atom is -0.469 e. The summed E-state index contributed by atoms with van der Waals surface area (Å²) in [5, 5.41) is 16.6. The number of aryl methyl sites for hydroxylation is 1. The molecule has 25 heavy (non-hydrogen) atoms. The molecular formula is C18H19N3O4. The quantitative estimate of drug-likeness (QED) is 0.718. The van der Waals surface area contributed by atoms with Crippen molar-refractivity contribution in [2.45, 2.75) is 32.2 Å². The van der Waals surface area contributed by atoms with Gasteiger partial charge in [0.1, 0.15) is 17.3 Å². The second-order valence-electron chi connectivity index (χ2n) is 6.18. The molecule has 0 unspecified atom stereocenters. The number of aromatic nitrogens is 2. The van der Waals surface area contributed by atoms with Crippen LogP contribution in [-0.4, -0.2) is 27.4 Å². The van der Waals surface area contributed by atoms with Gasteiger partial charge in [-0.1, -0.05) is 0 Å². The van der Waals surface area contributed by atoms with Crippen LogP contribution in [0.1, 0.15) is 40.6 Å². The van der Waals surface area contributed by atoms with Crippen molar-refractivity contribution in [3.8, 4) is 11.3 Å². The van der Waals surface area contributed by atoms with E-state index in [9.17, 15) is 9.90 Å². The van der Waals surface area contributed by atoms with Gasteiger partial charge in [0, 0.05) is 17.5 Å². The lowest BCUT2D eigenvalue weighted by molar-refractivity contribution is 0.102. The van der Waals surface area contributed by atoms with Gasteiger partial charge in [-0.2, -0.15) is 5.10 Å². The van der Waals surface area contributed by atoms with E-state index < -0.39 is 0 Å². The van der Waals surface area contributed by atoms with Gasteiger partial charge in [-0.05, 0) is 31.9 Å². The predicted octanol–water partition coefficient (Wildman–Crippen LogP) is 3.17. The number of carbonyl (C=O) groups is 1. The Balaban J connectivity index is 1.62. The fourth-order valence-electron chi connectivity index (χ4n) is 2.92. The largest absolute Gasteiger partial charge is 0.469 e. The molecule has 3 aromatic heterocycles. The van der Waals surface area contributed by atoms with Gasteiger partial charge in [0.2, 0.25) is 0 Å². The zero-order valence-electron chi connectivity index (χ0n) is 13.9. The molecule has 0 radical (unpaired) electrons. The van der Waals surface area contributed by atoms with Crippen LogP contribution in [0.3, 0.4) is 0 Å². The summed E-state index contributed by atoms with van der Waals surface area (Å²) >= 11 is 0. The van der Waals surface area contributed by atoms with Gasteiger partial charge in [0.15, 0.2) is 0 Å². The second-order valence-corrected chi connectivity index (χ2v) is 6.18. The van der Waals surface area contributed by atoms with Crippen LogP contribution in [0.2, 0.25) is 0 Å². The van der Waals surface area contributed by atoms with E-state index in [4.69, 9.17) is 8.83 Å². The molecule has 0 aliphatic heterocycles. The molecule has 3 aromatic rings. The highest BCUT2D eigenvalue weighted by Crippen LogP contribution is 2.42. The van der Waals surface area contributed by atoms with E-state index in [0.717, 1.165) is 29.9 Å². The molecule has 0 atom stereocenters. The van der Waals surface area contributed by atoms with Gasteiger partial charge in [-0.25, -0.2) is 4.68 Å². The first-order valence-electron chi connectivity index (χ1n) is 8.29. The number of aliphatic hydroxyl groups is 1. The van der Waals surface area contributed by atoms with Crippen LogP contribution in [0.4, 0.5) is 5.82 Å². The Bertz CT molecular complexity index is 901. The van der Waals surface area contributed by atoms with E-state index in [1.807, 2.05) is 13.0 Å². The highest BCUT2D eigenvalue weighted by Gasteiger charge is 2.31. The van der Waals surface area contributed by atoms with Gasteiger partial charge in [-0.15, -0.1) is 0 Å². The maximum atomic E-state index is 12.7. The minimum atomic E-state index is -0.231. The molecule has 130 valence electrons. The Labute approximate surface area is 144 Å². The molecule has 2 N–H and O–H groups in total. The topological polar surface area (TPSA) is 93.4 Å². The number of anilines is 1. The summed E-state index contributed by atoms with van der Waals surface area (Å²) in [5.74, 6) is 2.14. The molecule has 1 aliphatic rings. The Morgan fingerprint density at radius 2 is 2.16 bits per heavy atom. The van der Waals surface area contributed by atoms with Crippen LogP contribution in [-0.2, 0) is 6.54 Å². The molecule has 3 heterocycles. The van der Waals surface area contributed by atoms with E-state index in [1.165, 1.54) is 0 Å². The summed E-state index contributed by atoms with van der Waals surface area (Å²) in [6, 6.07) is 5.30. The van der Waals surface area contributed by atoms with Gasteiger partial charge in [-0.3, -0.25) is 4.79 Å². The third-order valence-corrected chi connectivity index (χ3v) is 4.36. The normalized spacial score (nSPS) is 14.0. The SMILES string of the molecule is Cc1occc1-c1cc(NC(=O)c2ccoc2C2CC2)n(CCO)n1. The van der Waals surface area contributed by atoms with Crippen LogP contribution in [0.15, 0.2) is 39.6 Å². The number of furan rings is 2. The van der Waals surface area contributed by atoms with Crippen molar-refractivity contribution in [3.05, 3.63) is 47.8 Å². The number of hydrogen-bond acceptors (Lipinski definition) is 5. The summed E-state index contributed by atoms with van der Waals surface area (Å²) in [6.07, 6.45) is 5.26. The van der Waals surface area contributed by atoms with Crippen molar-refractivity contribution in [2.24, 2.45) is 0 Å². The van der Waals surface area contributed by atoms with Crippen LogP contribution < -0.4 is 5.32 Å².